The molecular formula is C13H17N5O2S. The van der Waals surface area contributed by atoms with E-state index in [2.05, 4.69) is 20.7 Å². The highest BCUT2D eigenvalue weighted by Gasteiger charge is 2.21. The van der Waals surface area contributed by atoms with E-state index in [-0.39, 0.29) is 24.6 Å². The molecule has 112 valence electrons. The van der Waals surface area contributed by atoms with Gasteiger partial charge in [-0.05, 0) is 42.3 Å². The van der Waals surface area contributed by atoms with Crippen LogP contribution in [0.5, 0.6) is 0 Å². The van der Waals surface area contributed by atoms with E-state index >= 15 is 0 Å². The van der Waals surface area contributed by atoms with Crippen molar-refractivity contribution in [2.45, 2.75) is 44.4 Å². The van der Waals surface area contributed by atoms with Gasteiger partial charge < -0.3 is 10.4 Å². The van der Waals surface area contributed by atoms with Gasteiger partial charge in [-0.25, -0.2) is 0 Å². The number of hydrogen-bond donors (Lipinski definition) is 2. The molecule has 2 aromatic heterocycles. The number of tetrazole rings is 1. The predicted octanol–water partition coefficient (Wildman–Crippen LogP) is 0.821. The lowest BCUT2D eigenvalue weighted by atomic mass is 9.93. The molecule has 2 heterocycles. The van der Waals surface area contributed by atoms with Gasteiger partial charge in [0.2, 0.25) is 11.7 Å². The largest absolute Gasteiger partial charge is 0.393 e. The highest BCUT2D eigenvalue weighted by Crippen LogP contribution is 2.18. The third-order valence-corrected chi connectivity index (χ3v) is 4.26. The molecule has 1 fully saturated rings. The topological polar surface area (TPSA) is 92.9 Å². The van der Waals surface area contributed by atoms with Gasteiger partial charge in [0.25, 0.3) is 0 Å². The van der Waals surface area contributed by atoms with E-state index in [1.54, 1.807) is 11.3 Å². The van der Waals surface area contributed by atoms with Crippen molar-refractivity contribution in [3.05, 3.63) is 16.8 Å². The predicted molar refractivity (Wildman–Crippen MR) is 77.5 cm³/mol. The molecule has 7 nitrogen and oxygen atoms in total. The van der Waals surface area contributed by atoms with Crippen LogP contribution in [0.4, 0.5) is 0 Å². The average Bonchev–Trinajstić information content (AvgIpc) is 3.12. The van der Waals surface area contributed by atoms with Crippen molar-refractivity contribution in [2.75, 3.05) is 0 Å². The monoisotopic (exact) mass is 307 g/mol. The summed E-state index contributed by atoms with van der Waals surface area (Å²) < 4.78 is 0. The highest BCUT2D eigenvalue weighted by molar-refractivity contribution is 7.08. The Kier molecular flexibility index (Phi) is 4.26. The van der Waals surface area contributed by atoms with E-state index in [1.165, 1.54) is 4.80 Å². The fourth-order valence-corrected chi connectivity index (χ4v) is 3.07. The summed E-state index contributed by atoms with van der Waals surface area (Å²) in [5.41, 5.74) is 0.910. The summed E-state index contributed by atoms with van der Waals surface area (Å²) in [5.74, 6) is 0.412. The van der Waals surface area contributed by atoms with Gasteiger partial charge in [0.15, 0.2) is 0 Å². The van der Waals surface area contributed by atoms with Gasteiger partial charge in [0.1, 0.15) is 6.54 Å². The zero-order valence-electron chi connectivity index (χ0n) is 11.5. The first kappa shape index (κ1) is 14.2. The Balaban J connectivity index is 1.53. The van der Waals surface area contributed by atoms with Crippen molar-refractivity contribution >= 4 is 17.2 Å². The quantitative estimate of drug-likeness (QED) is 0.872. The molecule has 0 saturated heterocycles. The van der Waals surface area contributed by atoms with Crippen LogP contribution in [0.2, 0.25) is 0 Å². The molecule has 2 aromatic rings. The minimum atomic E-state index is -0.219. The van der Waals surface area contributed by atoms with E-state index in [9.17, 15) is 9.90 Å². The number of aromatic nitrogens is 4. The van der Waals surface area contributed by atoms with Crippen molar-refractivity contribution in [2.24, 2.45) is 0 Å². The van der Waals surface area contributed by atoms with Crippen molar-refractivity contribution in [1.82, 2.24) is 25.5 Å². The molecule has 1 aliphatic carbocycles. The number of aliphatic hydroxyl groups is 1. The van der Waals surface area contributed by atoms with Crippen molar-refractivity contribution in [3.63, 3.8) is 0 Å². The summed E-state index contributed by atoms with van der Waals surface area (Å²) in [5, 5.41) is 28.3. The molecule has 0 spiro atoms. The minimum Gasteiger partial charge on any atom is -0.393 e. The number of hydrogen-bond acceptors (Lipinski definition) is 6. The number of rotatable bonds is 4. The number of carbonyl (C=O) groups excluding carboxylic acids is 1. The maximum atomic E-state index is 12.0. The Morgan fingerprint density at radius 3 is 2.95 bits per heavy atom. The second-order valence-electron chi connectivity index (χ2n) is 5.23. The summed E-state index contributed by atoms with van der Waals surface area (Å²) in [6.07, 6.45) is 2.91. The summed E-state index contributed by atoms with van der Waals surface area (Å²) >= 11 is 1.56. The molecule has 0 unspecified atom stereocenters. The Hall–Kier alpha value is -1.80. The molecule has 1 aliphatic rings. The standard InChI is InChI=1S/C13H17N5O2S/c19-11-3-1-10(2-4-11)14-12(20)7-18-16-13(15-17-18)9-5-6-21-8-9/h5-6,8,10-11,19H,1-4,7H2,(H,14,20). The van der Waals surface area contributed by atoms with Crippen LogP contribution in [0.1, 0.15) is 25.7 Å². The molecule has 3 rings (SSSR count). The summed E-state index contributed by atoms with van der Waals surface area (Å²) in [7, 11) is 0. The van der Waals surface area contributed by atoms with Gasteiger partial charge in [-0.1, -0.05) is 0 Å². The normalized spacial score (nSPS) is 22.1. The van der Waals surface area contributed by atoms with Gasteiger partial charge in [-0.3, -0.25) is 4.79 Å². The van der Waals surface area contributed by atoms with Gasteiger partial charge in [-0.2, -0.15) is 16.1 Å². The lowest BCUT2D eigenvalue weighted by Gasteiger charge is -2.25. The molecule has 0 atom stereocenters. The second-order valence-corrected chi connectivity index (χ2v) is 6.01. The first-order chi connectivity index (χ1) is 10.2. The van der Waals surface area contributed by atoms with Crippen LogP contribution in [0, 0.1) is 0 Å². The molecule has 1 amide bonds. The molecular weight excluding hydrogens is 290 g/mol. The lowest BCUT2D eigenvalue weighted by Crippen LogP contribution is -2.40. The SMILES string of the molecule is O=C(Cn1nnc(-c2ccsc2)n1)NC1CCC(O)CC1. The summed E-state index contributed by atoms with van der Waals surface area (Å²) in [6, 6.07) is 2.06. The number of nitrogens with zero attached hydrogens (tertiary/aromatic N) is 4. The van der Waals surface area contributed by atoms with Crippen LogP contribution in [-0.4, -0.2) is 43.4 Å². The Bertz CT molecular complexity index is 589. The van der Waals surface area contributed by atoms with E-state index in [0.717, 1.165) is 31.2 Å². The van der Waals surface area contributed by atoms with Gasteiger partial charge >= 0.3 is 0 Å². The minimum absolute atomic E-state index is 0.0657. The summed E-state index contributed by atoms with van der Waals surface area (Å²) in [6.45, 7) is 0.0657. The smallest absolute Gasteiger partial charge is 0.243 e. The number of thiophene rings is 1. The second kappa shape index (κ2) is 6.31. The third kappa shape index (κ3) is 3.64. The van der Waals surface area contributed by atoms with Crippen molar-refractivity contribution < 1.29 is 9.90 Å². The van der Waals surface area contributed by atoms with Crippen LogP contribution < -0.4 is 5.32 Å². The maximum Gasteiger partial charge on any atom is 0.243 e. The fraction of sp³-hybridized carbons (Fsp3) is 0.538. The van der Waals surface area contributed by atoms with E-state index in [4.69, 9.17) is 0 Å². The average molecular weight is 307 g/mol. The number of aliphatic hydroxyl groups excluding tert-OH is 1. The zero-order valence-corrected chi connectivity index (χ0v) is 12.3. The van der Waals surface area contributed by atoms with Gasteiger partial charge in [0.05, 0.1) is 6.10 Å². The molecule has 1 saturated carbocycles. The lowest BCUT2D eigenvalue weighted by molar-refractivity contribution is -0.123. The van der Waals surface area contributed by atoms with Crippen LogP contribution in [-0.2, 0) is 11.3 Å². The summed E-state index contributed by atoms with van der Waals surface area (Å²) in [4.78, 5) is 13.3. The van der Waals surface area contributed by atoms with Crippen LogP contribution in [0.25, 0.3) is 11.4 Å². The Labute approximate surface area is 126 Å². The molecule has 21 heavy (non-hydrogen) atoms. The van der Waals surface area contributed by atoms with E-state index in [1.807, 2.05) is 16.8 Å². The third-order valence-electron chi connectivity index (χ3n) is 3.58. The number of carbonyl (C=O) groups is 1. The van der Waals surface area contributed by atoms with Crippen molar-refractivity contribution in [1.29, 1.82) is 0 Å². The number of amides is 1. The Morgan fingerprint density at radius 2 is 2.24 bits per heavy atom. The van der Waals surface area contributed by atoms with E-state index in [0.29, 0.717) is 5.82 Å². The molecule has 0 aromatic carbocycles. The molecule has 0 radical (unpaired) electrons. The highest BCUT2D eigenvalue weighted by atomic mass is 32.1. The van der Waals surface area contributed by atoms with E-state index < -0.39 is 0 Å². The first-order valence-electron chi connectivity index (χ1n) is 6.98. The molecule has 0 aliphatic heterocycles. The van der Waals surface area contributed by atoms with Gasteiger partial charge in [-0.15, -0.1) is 10.2 Å². The molecule has 8 heteroatoms. The fourth-order valence-electron chi connectivity index (χ4n) is 2.44. The first-order valence-corrected chi connectivity index (χ1v) is 7.93. The Morgan fingerprint density at radius 1 is 1.43 bits per heavy atom. The van der Waals surface area contributed by atoms with Crippen LogP contribution in [0.15, 0.2) is 16.8 Å². The van der Waals surface area contributed by atoms with Gasteiger partial charge in [0, 0.05) is 17.0 Å². The van der Waals surface area contributed by atoms with Crippen LogP contribution >= 0.6 is 11.3 Å². The maximum absolute atomic E-state index is 12.0. The van der Waals surface area contributed by atoms with Crippen molar-refractivity contribution in [3.8, 4) is 11.4 Å². The van der Waals surface area contributed by atoms with Crippen LogP contribution in [0.3, 0.4) is 0 Å². The zero-order chi connectivity index (χ0) is 14.7. The molecule has 2 N–H and O–H groups in total. The molecule has 0 bridgehead atoms. The number of nitrogens with one attached hydrogen (secondary N) is 1.